The second kappa shape index (κ2) is 7.81. The average Bonchev–Trinajstić information content (AvgIpc) is 2.59. The number of pyridine rings is 1. The van der Waals surface area contributed by atoms with Crippen LogP contribution in [0.25, 0.3) is 0 Å². The minimum absolute atomic E-state index is 0.590. The summed E-state index contributed by atoms with van der Waals surface area (Å²) in [7, 11) is 0. The lowest BCUT2D eigenvalue weighted by Crippen LogP contribution is -2.31. The highest BCUT2D eigenvalue weighted by Crippen LogP contribution is 2.33. The highest BCUT2D eigenvalue weighted by Gasteiger charge is 2.19. The van der Waals surface area contributed by atoms with Crippen molar-refractivity contribution in [3.63, 3.8) is 0 Å². The van der Waals surface area contributed by atoms with Crippen LogP contribution in [0.1, 0.15) is 55.6 Å². The van der Waals surface area contributed by atoms with Gasteiger partial charge in [-0.25, -0.2) is 4.98 Å². The number of aromatic nitrogens is 1. The second-order valence-electron chi connectivity index (χ2n) is 5.55. The van der Waals surface area contributed by atoms with Crippen LogP contribution in [-0.2, 0) is 0 Å². The standard InChI is InChI=1S/C15H22N4.C2H4/c16-14-13(15-17-7-4-8-18-15)9-12(10-19-14)11-5-2-1-3-6-11;1-2/h9-11H,1-8H2,(H2,16,19)(H,17,18);1-2H2. The van der Waals surface area contributed by atoms with Crippen molar-refractivity contribution in [1.82, 2.24) is 10.3 Å². The summed E-state index contributed by atoms with van der Waals surface area (Å²) < 4.78 is 0. The van der Waals surface area contributed by atoms with E-state index in [4.69, 9.17) is 5.73 Å². The fourth-order valence-corrected chi connectivity index (χ4v) is 3.05. The quantitative estimate of drug-likeness (QED) is 0.820. The molecule has 114 valence electrons. The van der Waals surface area contributed by atoms with Gasteiger partial charge >= 0.3 is 0 Å². The summed E-state index contributed by atoms with van der Waals surface area (Å²) in [6.07, 6.45) is 9.67. The minimum atomic E-state index is 0.590. The first-order chi connectivity index (χ1) is 10.3. The summed E-state index contributed by atoms with van der Waals surface area (Å²) in [5, 5.41) is 3.34. The van der Waals surface area contributed by atoms with E-state index in [1.807, 2.05) is 6.20 Å². The highest BCUT2D eigenvalue weighted by atomic mass is 15.0. The van der Waals surface area contributed by atoms with Crippen molar-refractivity contribution in [3.05, 3.63) is 36.5 Å². The van der Waals surface area contributed by atoms with Crippen molar-refractivity contribution in [1.29, 1.82) is 0 Å². The smallest absolute Gasteiger partial charge is 0.134 e. The number of nitrogens with zero attached hydrogens (tertiary/aromatic N) is 2. The summed E-state index contributed by atoms with van der Waals surface area (Å²) in [4.78, 5) is 8.92. The van der Waals surface area contributed by atoms with Crippen LogP contribution in [0.15, 0.2) is 30.4 Å². The van der Waals surface area contributed by atoms with Crippen LogP contribution in [0, 0.1) is 0 Å². The molecule has 0 atom stereocenters. The number of aliphatic imine (C=N–C) groups is 1. The van der Waals surface area contributed by atoms with E-state index in [1.54, 1.807) is 0 Å². The fraction of sp³-hybridized carbons (Fsp3) is 0.529. The van der Waals surface area contributed by atoms with E-state index < -0.39 is 0 Å². The molecule has 1 saturated carbocycles. The first-order valence-electron chi connectivity index (χ1n) is 7.89. The van der Waals surface area contributed by atoms with E-state index in [-0.39, 0.29) is 0 Å². The normalized spacial score (nSPS) is 19.0. The molecule has 4 heteroatoms. The number of hydrogen-bond acceptors (Lipinski definition) is 4. The number of rotatable bonds is 2. The van der Waals surface area contributed by atoms with Crippen molar-refractivity contribution in [3.8, 4) is 0 Å². The van der Waals surface area contributed by atoms with E-state index in [0.29, 0.717) is 11.7 Å². The molecule has 1 aromatic rings. The van der Waals surface area contributed by atoms with E-state index in [0.717, 1.165) is 30.9 Å². The molecule has 3 N–H and O–H groups in total. The predicted molar refractivity (Wildman–Crippen MR) is 89.8 cm³/mol. The van der Waals surface area contributed by atoms with Gasteiger partial charge in [-0.05, 0) is 36.8 Å². The zero-order chi connectivity index (χ0) is 15.1. The molecule has 21 heavy (non-hydrogen) atoms. The number of anilines is 1. The lowest BCUT2D eigenvalue weighted by molar-refractivity contribution is 0.443. The van der Waals surface area contributed by atoms with Crippen molar-refractivity contribution in [2.45, 2.75) is 44.4 Å². The molecule has 2 heterocycles. The first kappa shape index (κ1) is 15.5. The Bertz CT molecular complexity index is 490. The van der Waals surface area contributed by atoms with Gasteiger partial charge in [-0.2, -0.15) is 0 Å². The van der Waals surface area contributed by atoms with Gasteiger partial charge in [0.25, 0.3) is 0 Å². The zero-order valence-corrected chi connectivity index (χ0v) is 12.8. The molecule has 1 fully saturated rings. The van der Waals surface area contributed by atoms with Gasteiger partial charge in [0.2, 0.25) is 0 Å². The molecule has 0 saturated heterocycles. The fourth-order valence-electron chi connectivity index (χ4n) is 3.05. The van der Waals surface area contributed by atoms with Crippen LogP contribution >= 0.6 is 0 Å². The Balaban J connectivity index is 0.000000774. The Morgan fingerprint density at radius 3 is 2.57 bits per heavy atom. The predicted octanol–water partition coefficient (Wildman–Crippen LogP) is 3.25. The zero-order valence-electron chi connectivity index (χ0n) is 12.8. The van der Waals surface area contributed by atoms with Crippen molar-refractivity contribution in [2.75, 3.05) is 18.8 Å². The summed E-state index contributed by atoms with van der Waals surface area (Å²) in [6, 6.07) is 2.20. The molecular formula is C17H26N4. The van der Waals surface area contributed by atoms with Crippen LogP contribution in [0.2, 0.25) is 0 Å². The Morgan fingerprint density at radius 2 is 1.90 bits per heavy atom. The first-order valence-corrected chi connectivity index (χ1v) is 7.89. The lowest BCUT2D eigenvalue weighted by atomic mass is 9.84. The summed E-state index contributed by atoms with van der Waals surface area (Å²) in [6.45, 7) is 7.86. The van der Waals surface area contributed by atoms with Gasteiger partial charge in [-0.15, -0.1) is 13.2 Å². The van der Waals surface area contributed by atoms with Crippen molar-refractivity contribution in [2.24, 2.45) is 4.99 Å². The number of nitrogen functional groups attached to an aromatic ring is 1. The van der Waals surface area contributed by atoms with Crippen LogP contribution in [0.3, 0.4) is 0 Å². The molecule has 0 spiro atoms. The van der Waals surface area contributed by atoms with Gasteiger partial charge < -0.3 is 11.1 Å². The van der Waals surface area contributed by atoms with E-state index in [1.165, 1.54) is 37.7 Å². The maximum atomic E-state index is 6.02. The molecule has 0 aromatic carbocycles. The number of amidine groups is 1. The van der Waals surface area contributed by atoms with Gasteiger partial charge in [0.05, 0.1) is 5.56 Å². The van der Waals surface area contributed by atoms with E-state index >= 15 is 0 Å². The molecule has 1 aliphatic carbocycles. The molecule has 0 bridgehead atoms. The molecule has 3 rings (SSSR count). The van der Waals surface area contributed by atoms with Crippen LogP contribution < -0.4 is 11.1 Å². The highest BCUT2D eigenvalue weighted by molar-refractivity contribution is 6.02. The Hall–Kier alpha value is -1.84. The van der Waals surface area contributed by atoms with Gasteiger partial charge in [-0.3, -0.25) is 4.99 Å². The topological polar surface area (TPSA) is 63.3 Å². The van der Waals surface area contributed by atoms with Crippen molar-refractivity contribution < 1.29 is 0 Å². The third-order valence-electron chi connectivity index (χ3n) is 4.17. The minimum Gasteiger partial charge on any atom is -0.383 e. The van der Waals surface area contributed by atoms with Gasteiger partial charge in [-0.1, -0.05) is 19.3 Å². The molecule has 4 nitrogen and oxygen atoms in total. The molecule has 1 aliphatic heterocycles. The summed E-state index contributed by atoms with van der Waals surface area (Å²) >= 11 is 0. The number of nitrogens with two attached hydrogens (primary N) is 1. The maximum Gasteiger partial charge on any atom is 0.134 e. The molecule has 0 unspecified atom stereocenters. The van der Waals surface area contributed by atoms with Crippen molar-refractivity contribution >= 4 is 11.7 Å². The summed E-state index contributed by atoms with van der Waals surface area (Å²) in [5.74, 6) is 2.17. The van der Waals surface area contributed by atoms with Crippen LogP contribution in [0.5, 0.6) is 0 Å². The molecule has 0 amide bonds. The average molecular weight is 286 g/mol. The largest absolute Gasteiger partial charge is 0.383 e. The molecule has 0 radical (unpaired) electrons. The Morgan fingerprint density at radius 1 is 1.14 bits per heavy atom. The number of hydrogen-bond donors (Lipinski definition) is 2. The van der Waals surface area contributed by atoms with E-state index in [9.17, 15) is 0 Å². The maximum absolute atomic E-state index is 6.02. The third kappa shape index (κ3) is 3.84. The van der Waals surface area contributed by atoms with Gasteiger partial charge in [0.15, 0.2) is 0 Å². The van der Waals surface area contributed by atoms with E-state index in [2.05, 4.69) is 34.5 Å². The number of nitrogens with one attached hydrogen (secondary N) is 1. The molecule has 1 aromatic heterocycles. The van der Waals surface area contributed by atoms with Gasteiger partial charge in [0.1, 0.15) is 11.7 Å². The molecular weight excluding hydrogens is 260 g/mol. The summed E-state index contributed by atoms with van der Waals surface area (Å²) in [5.41, 5.74) is 8.34. The second-order valence-corrected chi connectivity index (χ2v) is 5.55. The SMILES string of the molecule is C=C.Nc1ncc(C2CCCCC2)cc1C1=NCCCN1. The Kier molecular flexibility index (Phi) is 5.78. The van der Waals surface area contributed by atoms with Crippen LogP contribution in [0.4, 0.5) is 5.82 Å². The third-order valence-corrected chi connectivity index (χ3v) is 4.17. The lowest BCUT2D eigenvalue weighted by Gasteiger charge is -2.23. The van der Waals surface area contributed by atoms with Gasteiger partial charge in [0, 0.05) is 19.3 Å². The van der Waals surface area contributed by atoms with Crippen LogP contribution in [-0.4, -0.2) is 23.9 Å². The molecule has 2 aliphatic rings. The monoisotopic (exact) mass is 286 g/mol. The Labute approximate surface area is 127 Å².